The van der Waals surface area contributed by atoms with Crippen LogP contribution in [0.2, 0.25) is 0 Å². The molecular weight excluding hydrogens is 347 g/mol. The third-order valence-corrected chi connectivity index (χ3v) is 5.89. The Labute approximate surface area is 159 Å². The van der Waals surface area contributed by atoms with Gasteiger partial charge in [0.1, 0.15) is 11.4 Å². The number of likely N-dealkylation sites (tertiary alicyclic amines) is 1. The minimum absolute atomic E-state index is 0.0343. The molecule has 3 rings (SSSR count). The van der Waals surface area contributed by atoms with Crippen molar-refractivity contribution >= 4 is 11.8 Å². The number of nitrogens with one attached hydrogen (secondary N) is 1. The molecule has 2 atom stereocenters. The first-order valence-corrected chi connectivity index (χ1v) is 9.70. The molecule has 0 bridgehead atoms. The molecule has 0 aromatic heterocycles. The second-order valence-electron chi connectivity index (χ2n) is 8.71. The highest BCUT2D eigenvalue weighted by Gasteiger charge is 2.41. The van der Waals surface area contributed by atoms with Crippen LogP contribution in [0.25, 0.3) is 0 Å². The maximum atomic E-state index is 13.4. The smallest absolute Gasteiger partial charge is 0.223 e. The number of nitrogens with zero attached hydrogens (tertiary/aromatic N) is 1. The lowest BCUT2D eigenvalue weighted by atomic mass is 9.97. The highest BCUT2D eigenvalue weighted by Crippen LogP contribution is 2.47. The third-order valence-electron chi connectivity index (χ3n) is 5.89. The zero-order chi connectivity index (χ0) is 19.7. The van der Waals surface area contributed by atoms with E-state index in [1.165, 1.54) is 12.1 Å². The van der Waals surface area contributed by atoms with E-state index in [9.17, 15) is 19.1 Å². The first kappa shape index (κ1) is 19.8. The van der Waals surface area contributed by atoms with Gasteiger partial charge in [-0.3, -0.25) is 9.59 Å². The van der Waals surface area contributed by atoms with Crippen LogP contribution in [-0.2, 0) is 9.59 Å². The molecule has 1 aliphatic heterocycles. The third kappa shape index (κ3) is 5.28. The quantitative estimate of drug-likeness (QED) is 0.769. The van der Waals surface area contributed by atoms with Crippen LogP contribution in [0.5, 0.6) is 0 Å². The van der Waals surface area contributed by atoms with Crippen molar-refractivity contribution in [2.75, 3.05) is 19.6 Å². The van der Waals surface area contributed by atoms with Crippen molar-refractivity contribution in [1.29, 1.82) is 0 Å². The standard InChI is InChI=1S/C21H29FN2O3/c1-15(16-4-3-5-17(22)11-16)10-19(26)24-9-8-21(27,14-24)13-23-18(25)12-20(2)6-7-20/h3-5,11,15,27H,6-10,12-14H2,1-2H3,(H,23,25). The molecule has 1 heterocycles. The van der Waals surface area contributed by atoms with Gasteiger partial charge in [0.2, 0.25) is 11.8 Å². The zero-order valence-electron chi connectivity index (χ0n) is 16.1. The number of amides is 2. The molecule has 0 spiro atoms. The molecule has 2 aliphatic rings. The number of β-amino-alcohol motifs (C(OH)–C–C–N with tert-alkyl or cyclic N) is 1. The fourth-order valence-corrected chi connectivity index (χ4v) is 3.64. The van der Waals surface area contributed by atoms with Crippen LogP contribution in [-0.4, -0.2) is 47.1 Å². The van der Waals surface area contributed by atoms with E-state index in [2.05, 4.69) is 12.2 Å². The molecule has 0 radical (unpaired) electrons. The van der Waals surface area contributed by atoms with Gasteiger partial charge in [0.15, 0.2) is 0 Å². The number of carbonyl (C=O) groups excluding carboxylic acids is 2. The highest BCUT2D eigenvalue weighted by atomic mass is 19.1. The van der Waals surface area contributed by atoms with Gasteiger partial charge in [-0.2, -0.15) is 0 Å². The van der Waals surface area contributed by atoms with E-state index in [1.54, 1.807) is 11.0 Å². The SMILES string of the molecule is CC(CC(=O)N1CCC(O)(CNC(=O)CC2(C)CC2)C1)c1cccc(F)c1. The summed E-state index contributed by atoms with van der Waals surface area (Å²) in [7, 11) is 0. The normalized spacial score (nSPS) is 24.5. The Morgan fingerprint density at radius 3 is 2.74 bits per heavy atom. The summed E-state index contributed by atoms with van der Waals surface area (Å²) in [5.41, 5.74) is -0.145. The molecule has 5 nitrogen and oxygen atoms in total. The molecule has 27 heavy (non-hydrogen) atoms. The van der Waals surface area contributed by atoms with Crippen molar-refractivity contribution in [3.8, 4) is 0 Å². The van der Waals surface area contributed by atoms with Crippen LogP contribution in [0, 0.1) is 11.2 Å². The van der Waals surface area contributed by atoms with Gasteiger partial charge in [-0.1, -0.05) is 26.0 Å². The van der Waals surface area contributed by atoms with Gasteiger partial charge < -0.3 is 15.3 Å². The average Bonchev–Trinajstić information content (AvgIpc) is 3.19. The summed E-state index contributed by atoms with van der Waals surface area (Å²) in [5.74, 6) is -0.494. The van der Waals surface area contributed by atoms with Crippen molar-refractivity contribution in [1.82, 2.24) is 10.2 Å². The lowest BCUT2D eigenvalue weighted by Crippen LogP contribution is -2.46. The van der Waals surface area contributed by atoms with Gasteiger partial charge in [0.25, 0.3) is 0 Å². The van der Waals surface area contributed by atoms with E-state index in [-0.39, 0.29) is 48.5 Å². The number of rotatable bonds is 7. The number of benzene rings is 1. The molecule has 148 valence electrons. The predicted molar refractivity (Wildman–Crippen MR) is 101 cm³/mol. The molecular formula is C21H29FN2O3. The van der Waals surface area contributed by atoms with Crippen LogP contribution in [0.1, 0.15) is 57.4 Å². The lowest BCUT2D eigenvalue weighted by Gasteiger charge is -2.25. The molecule has 1 aromatic carbocycles. The first-order chi connectivity index (χ1) is 12.7. The van der Waals surface area contributed by atoms with Gasteiger partial charge in [0.05, 0.1) is 6.54 Å². The van der Waals surface area contributed by atoms with E-state index in [1.807, 2.05) is 13.0 Å². The summed E-state index contributed by atoms with van der Waals surface area (Å²) in [6.07, 6.45) is 3.37. The second kappa shape index (κ2) is 7.58. The Morgan fingerprint density at radius 2 is 2.07 bits per heavy atom. The summed E-state index contributed by atoms with van der Waals surface area (Å²) in [5, 5.41) is 13.5. The van der Waals surface area contributed by atoms with Crippen molar-refractivity contribution < 1.29 is 19.1 Å². The van der Waals surface area contributed by atoms with Gasteiger partial charge in [-0.05, 0) is 48.3 Å². The van der Waals surface area contributed by atoms with Crippen molar-refractivity contribution in [2.24, 2.45) is 5.41 Å². The summed E-state index contributed by atoms with van der Waals surface area (Å²) >= 11 is 0. The Kier molecular flexibility index (Phi) is 5.56. The monoisotopic (exact) mass is 376 g/mol. The van der Waals surface area contributed by atoms with Gasteiger partial charge >= 0.3 is 0 Å². The lowest BCUT2D eigenvalue weighted by molar-refractivity contribution is -0.131. The Balaban J connectivity index is 1.47. The summed E-state index contributed by atoms with van der Waals surface area (Å²) in [6.45, 7) is 4.86. The van der Waals surface area contributed by atoms with Crippen LogP contribution >= 0.6 is 0 Å². The number of hydrogen-bond donors (Lipinski definition) is 2. The number of halogens is 1. The van der Waals surface area contributed by atoms with Gasteiger partial charge in [-0.25, -0.2) is 4.39 Å². The maximum absolute atomic E-state index is 13.4. The van der Waals surface area contributed by atoms with Gasteiger partial charge in [0, 0.05) is 25.9 Å². The fraction of sp³-hybridized carbons (Fsp3) is 0.619. The minimum Gasteiger partial charge on any atom is -0.386 e. The number of aliphatic hydroxyl groups is 1. The second-order valence-corrected chi connectivity index (χ2v) is 8.71. The van der Waals surface area contributed by atoms with E-state index < -0.39 is 5.60 Å². The molecule has 2 amide bonds. The Morgan fingerprint density at radius 1 is 1.33 bits per heavy atom. The fourth-order valence-electron chi connectivity index (χ4n) is 3.64. The van der Waals surface area contributed by atoms with E-state index in [0.717, 1.165) is 18.4 Å². The van der Waals surface area contributed by atoms with Crippen LogP contribution < -0.4 is 5.32 Å². The molecule has 1 aliphatic carbocycles. The topological polar surface area (TPSA) is 69.6 Å². The molecule has 6 heteroatoms. The van der Waals surface area contributed by atoms with Crippen molar-refractivity contribution in [3.63, 3.8) is 0 Å². The van der Waals surface area contributed by atoms with Crippen LogP contribution in [0.15, 0.2) is 24.3 Å². The van der Waals surface area contributed by atoms with Crippen LogP contribution in [0.3, 0.4) is 0 Å². The Hall–Kier alpha value is -1.95. The summed E-state index contributed by atoms with van der Waals surface area (Å²) < 4.78 is 13.4. The number of carbonyl (C=O) groups is 2. The van der Waals surface area contributed by atoms with Crippen molar-refractivity contribution in [3.05, 3.63) is 35.6 Å². The zero-order valence-corrected chi connectivity index (χ0v) is 16.1. The summed E-state index contributed by atoms with van der Waals surface area (Å²) in [4.78, 5) is 26.2. The Bertz CT molecular complexity index is 719. The van der Waals surface area contributed by atoms with Crippen molar-refractivity contribution in [2.45, 2.75) is 57.5 Å². The molecule has 1 saturated carbocycles. The molecule has 2 N–H and O–H groups in total. The average molecular weight is 376 g/mol. The first-order valence-electron chi connectivity index (χ1n) is 9.70. The summed E-state index contributed by atoms with van der Waals surface area (Å²) in [6, 6.07) is 6.30. The van der Waals surface area contributed by atoms with Crippen LogP contribution in [0.4, 0.5) is 4.39 Å². The largest absolute Gasteiger partial charge is 0.386 e. The molecule has 1 saturated heterocycles. The van der Waals surface area contributed by atoms with E-state index in [0.29, 0.717) is 19.4 Å². The molecule has 2 fully saturated rings. The predicted octanol–water partition coefficient (Wildman–Crippen LogP) is 2.59. The molecule has 1 aromatic rings. The van der Waals surface area contributed by atoms with E-state index >= 15 is 0 Å². The molecule has 2 unspecified atom stereocenters. The number of hydrogen-bond acceptors (Lipinski definition) is 3. The highest BCUT2D eigenvalue weighted by molar-refractivity contribution is 5.78. The van der Waals surface area contributed by atoms with Gasteiger partial charge in [-0.15, -0.1) is 0 Å². The minimum atomic E-state index is -1.07. The van der Waals surface area contributed by atoms with E-state index in [4.69, 9.17) is 0 Å². The maximum Gasteiger partial charge on any atom is 0.223 e.